The summed E-state index contributed by atoms with van der Waals surface area (Å²) >= 11 is 0. The lowest BCUT2D eigenvalue weighted by atomic mass is 9.80. The normalized spacial score (nSPS) is 11.5. The maximum absolute atomic E-state index is 7.14. The third-order valence-corrected chi connectivity index (χ3v) is 8.45. The summed E-state index contributed by atoms with van der Waals surface area (Å²) in [5.41, 5.74) is 4.54. The molecule has 2 heteroatoms. The Bertz CT molecular complexity index is 1600. The molecule has 0 saturated carbocycles. The second-order valence-corrected chi connectivity index (χ2v) is 11.2. The van der Waals surface area contributed by atoms with Gasteiger partial charge in [0.15, 0.2) is 11.2 Å². The van der Waals surface area contributed by atoms with Gasteiger partial charge in [0, 0.05) is 33.4 Å². The molecule has 2 nitrogen and oxygen atoms in total. The van der Waals surface area contributed by atoms with Crippen LogP contribution < -0.4 is 9.47 Å². The van der Waals surface area contributed by atoms with E-state index in [0.29, 0.717) is 0 Å². The first-order valence-electron chi connectivity index (χ1n) is 15.6. The van der Waals surface area contributed by atoms with Crippen molar-refractivity contribution in [2.75, 3.05) is 0 Å². The van der Waals surface area contributed by atoms with Crippen LogP contribution >= 0.6 is 0 Å². The fraction of sp³-hybridized carbons (Fsp3) is 0.0455. The Labute approximate surface area is 271 Å². The standard InChI is InChI=1S/C44H34O2/c1-7-19-35(20-8-1)43(36-21-9-2-10-22-36,37-23-11-3-12-24-37)45-41-31-33-42(34-32-41)46-44(38-25-13-4-14-26-38,39-27-15-5-16-28-39)40-29-17-6-18-30-40/h1-34H. The molecule has 222 valence electrons. The Kier molecular flexibility index (Phi) is 8.17. The van der Waals surface area contributed by atoms with Crippen LogP contribution in [0.2, 0.25) is 0 Å². The molecule has 0 aliphatic carbocycles. The molecular formula is C44H34O2. The van der Waals surface area contributed by atoms with Gasteiger partial charge in [0.1, 0.15) is 11.5 Å². The van der Waals surface area contributed by atoms with Gasteiger partial charge in [-0.25, -0.2) is 0 Å². The topological polar surface area (TPSA) is 18.5 Å². The molecule has 7 rings (SSSR count). The van der Waals surface area contributed by atoms with Crippen LogP contribution in [0.1, 0.15) is 33.4 Å². The van der Waals surface area contributed by atoms with Crippen LogP contribution in [-0.2, 0) is 11.2 Å². The van der Waals surface area contributed by atoms with Gasteiger partial charge in [-0.3, -0.25) is 0 Å². The molecule has 0 heterocycles. The minimum absolute atomic E-state index is 0.730. The van der Waals surface area contributed by atoms with Crippen molar-refractivity contribution in [3.8, 4) is 11.5 Å². The average molecular weight is 595 g/mol. The van der Waals surface area contributed by atoms with E-state index in [4.69, 9.17) is 9.47 Å². The Morgan fingerprint density at radius 2 is 0.391 bits per heavy atom. The van der Waals surface area contributed by atoms with E-state index in [1.54, 1.807) is 0 Å². The van der Waals surface area contributed by atoms with E-state index in [1.165, 1.54) is 0 Å². The summed E-state index contributed by atoms with van der Waals surface area (Å²) in [5.74, 6) is 1.46. The van der Waals surface area contributed by atoms with Crippen LogP contribution in [0.25, 0.3) is 0 Å². The molecule has 7 aromatic rings. The number of benzene rings is 7. The molecule has 0 saturated heterocycles. The molecule has 0 atom stereocenters. The molecule has 0 amide bonds. The highest BCUT2D eigenvalue weighted by Crippen LogP contribution is 2.44. The first-order valence-corrected chi connectivity index (χ1v) is 15.6. The highest BCUT2D eigenvalue weighted by molar-refractivity contribution is 5.51. The van der Waals surface area contributed by atoms with Crippen molar-refractivity contribution < 1.29 is 9.47 Å². The van der Waals surface area contributed by atoms with Gasteiger partial charge >= 0.3 is 0 Å². The first-order chi connectivity index (χ1) is 22.8. The highest BCUT2D eigenvalue weighted by atomic mass is 16.5. The Hall–Kier alpha value is -5.86. The van der Waals surface area contributed by atoms with Gasteiger partial charge in [-0.2, -0.15) is 0 Å². The summed E-state index contributed by atoms with van der Waals surface area (Å²) in [6.07, 6.45) is 0. The Morgan fingerprint density at radius 3 is 0.565 bits per heavy atom. The average Bonchev–Trinajstić information content (AvgIpc) is 3.16. The lowest BCUT2D eigenvalue weighted by molar-refractivity contribution is 0.149. The van der Waals surface area contributed by atoms with E-state index in [1.807, 2.05) is 60.7 Å². The predicted molar refractivity (Wildman–Crippen MR) is 186 cm³/mol. The third kappa shape index (κ3) is 5.46. The summed E-state index contributed by atoms with van der Waals surface area (Å²) in [7, 11) is 0. The summed E-state index contributed by atoms with van der Waals surface area (Å²) in [5, 5.41) is 0. The minimum Gasteiger partial charge on any atom is -0.473 e. The fourth-order valence-corrected chi connectivity index (χ4v) is 6.32. The van der Waals surface area contributed by atoms with Gasteiger partial charge in [0.25, 0.3) is 0 Å². The quantitative estimate of drug-likeness (QED) is 0.147. The fourth-order valence-electron chi connectivity index (χ4n) is 6.32. The van der Waals surface area contributed by atoms with Crippen molar-refractivity contribution in [3.63, 3.8) is 0 Å². The van der Waals surface area contributed by atoms with Gasteiger partial charge in [-0.15, -0.1) is 0 Å². The summed E-state index contributed by atoms with van der Waals surface area (Å²) in [6.45, 7) is 0. The number of hydrogen-bond donors (Lipinski definition) is 0. The smallest absolute Gasteiger partial charge is 0.184 e. The molecule has 46 heavy (non-hydrogen) atoms. The van der Waals surface area contributed by atoms with Crippen molar-refractivity contribution >= 4 is 0 Å². The molecule has 7 aromatic carbocycles. The van der Waals surface area contributed by atoms with Crippen molar-refractivity contribution in [3.05, 3.63) is 240 Å². The van der Waals surface area contributed by atoms with E-state index in [9.17, 15) is 0 Å². The van der Waals surface area contributed by atoms with Gasteiger partial charge in [0.05, 0.1) is 0 Å². The zero-order chi connectivity index (χ0) is 31.1. The summed E-state index contributed by atoms with van der Waals surface area (Å²) in [6, 6.07) is 70.5. The van der Waals surface area contributed by atoms with E-state index in [2.05, 4.69) is 146 Å². The summed E-state index contributed by atoms with van der Waals surface area (Å²) in [4.78, 5) is 0. The Balaban J connectivity index is 1.33. The second-order valence-electron chi connectivity index (χ2n) is 11.2. The highest BCUT2D eigenvalue weighted by Gasteiger charge is 2.40. The van der Waals surface area contributed by atoms with Gasteiger partial charge in [0.2, 0.25) is 0 Å². The molecule has 0 aliphatic heterocycles. The van der Waals surface area contributed by atoms with Crippen molar-refractivity contribution in [1.82, 2.24) is 0 Å². The van der Waals surface area contributed by atoms with E-state index in [0.717, 1.165) is 44.9 Å². The largest absolute Gasteiger partial charge is 0.473 e. The lowest BCUT2D eigenvalue weighted by Gasteiger charge is -2.37. The predicted octanol–water partition coefficient (Wildman–Crippen LogP) is 10.4. The zero-order valence-electron chi connectivity index (χ0n) is 25.4. The molecular weight excluding hydrogens is 560 g/mol. The number of hydrogen-bond acceptors (Lipinski definition) is 2. The van der Waals surface area contributed by atoms with Gasteiger partial charge < -0.3 is 9.47 Å². The Morgan fingerprint density at radius 1 is 0.217 bits per heavy atom. The van der Waals surface area contributed by atoms with Crippen LogP contribution in [0.4, 0.5) is 0 Å². The van der Waals surface area contributed by atoms with Crippen LogP contribution in [-0.4, -0.2) is 0 Å². The molecule has 0 unspecified atom stereocenters. The monoisotopic (exact) mass is 594 g/mol. The molecule has 0 N–H and O–H groups in total. The first kappa shape index (κ1) is 28.9. The third-order valence-electron chi connectivity index (χ3n) is 8.45. The van der Waals surface area contributed by atoms with Gasteiger partial charge in [-0.05, 0) is 24.3 Å². The maximum atomic E-state index is 7.14. The number of rotatable bonds is 10. The van der Waals surface area contributed by atoms with Crippen LogP contribution in [0.15, 0.2) is 206 Å². The molecule has 0 bridgehead atoms. The SMILES string of the molecule is c1ccc(C(Oc2ccc(OC(c3ccccc3)(c3ccccc3)c3ccccc3)cc2)(c2ccccc2)c2ccccc2)cc1. The lowest BCUT2D eigenvalue weighted by Crippen LogP contribution is -2.36. The van der Waals surface area contributed by atoms with E-state index >= 15 is 0 Å². The van der Waals surface area contributed by atoms with Gasteiger partial charge in [-0.1, -0.05) is 182 Å². The van der Waals surface area contributed by atoms with E-state index in [-0.39, 0.29) is 0 Å². The second kappa shape index (κ2) is 13.0. The minimum atomic E-state index is -0.867. The van der Waals surface area contributed by atoms with E-state index < -0.39 is 11.2 Å². The maximum Gasteiger partial charge on any atom is 0.184 e. The molecule has 0 radical (unpaired) electrons. The van der Waals surface area contributed by atoms with Crippen LogP contribution in [0, 0.1) is 0 Å². The number of ether oxygens (including phenoxy) is 2. The zero-order valence-corrected chi connectivity index (χ0v) is 25.4. The van der Waals surface area contributed by atoms with Crippen LogP contribution in [0.3, 0.4) is 0 Å². The molecule has 0 fully saturated rings. The van der Waals surface area contributed by atoms with Crippen molar-refractivity contribution in [2.45, 2.75) is 11.2 Å². The molecule has 0 spiro atoms. The van der Waals surface area contributed by atoms with Crippen LogP contribution in [0.5, 0.6) is 11.5 Å². The summed E-state index contributed by atoms with van der Waals surface area (Å²) < 4.78 is 14.3. The molecule has 0 aromatic heterocycles. The van der Waals surface area contributed by atoms with Crippen molar-refractivity contribution in [2.24, 2.45) is 0 Å². The molecule has 0 aliphatic rings. The van der Waals surface area contributed by atoms with Crippen molar-refractivity contribution in [1.29, 1.82) is 0 Å².